The average Bonchev–Trinajstić information content (AvgIpc) is 3.16. The smallest absolute Gasteiger partial charge is 0.0996 e. The van der Waals surface area contributed by atoms with Crippen molar-refractivity contribution < 1.29 is 19.8 Å². The molecule has 0 saturated heterocycles. The zero-order chi connectivity index (χ0) is 31.0. The van der Waals surface area contributed by atoms with Crippen LogP contribution in [0.1, 0.15) is 0 Å². The van der Waals surface area contributed by atoms with E-state index in [4.69, 9.17) is 9.97 Å². The fourth-order valence-electron chi connectivity index (χ4n) is 5.00. The van der Waals surface area contributed by atoms with E-state index in [0.717, 1.165) is 66.6 Å². The van der Waals surface area contributed by atoms with Gasteiger partial charge in [0.05, 0.1) is 55.9 Å². The SMILES string of the molecule is [Os].c1ccc(-c2ccccn2)nc1.c1ccc(-c2ccccn2)nc1.c1ccc2nc3c4cccnc4c4ncccc4c3nc2c1. The van der Waals surface area contributed by atoms with Crippen molar-refractivity contribution in [2.45, 2.75) is 0 Å². The van der Waals surface area contributed by atoms with E-state index in [1.54, 1.807) is 37.2 Å². The van der Waals surface area contributed by atoms with E-state index in [1.807, 2.05) is 121 Å². The molecule has 0 N–H and O–H groups in total. The normalized spacial score (nSPS) is 10.4. The van der Waals surface area contributed by atoms with Crippen LogP contribution in [0.2, 0.25) is 0 Å². The van der Waals surface area contributed by atoms with Gasteiger partial charge in [-0.2, -0.15) is 0 Å². The number of para-hydroxylation sites is 2. The maximum absolute atomic E-state index is 4.83. The average molecular weight is 785 g/mol. The standard InChI is InChI=1S/C18H10N4.2C10H8N2.Os/c1-2-8-14-13(7-1)21-17-11-5-3-9-19-15(11)16-12(18(17)22-14)6-4-10-20-16;2*1-3-7-11-9(5-1)10-6-2-4-8-12-10;/h1-10H;2*1-8H;. The van der Waals surface area contributed by atoms with Crippen molar-refractivity contribution >= 4 is 43.9 Å². The zero-order valence-corrected chi connectivity index (χ0v) is 27.5. The van der Waals surface area contributed by atoms with Gasteiger partial charge < -0.3 is 0 Å². The van der Waals surface area contributed by atoms with Gasteiger partial charge in [-0.1, -0.05) is 36.4 Å². The van der Waals surface area contributed by atoms with Crippen LogP contribution in [0.4, 0.5) is 0 Å². The summed E-state index contributed by atoms with van der Waals surface area (Å²) in [6, 6.07) is 39.0. The molecule has 0 unspecified atom stereocenters. The second-order valence-corrected chi connectivity index (χ2v) is 10.1. The van der Waals surface area contributed by atoms with Crippen LogP contribution < -0.4 is 0 Å². The van der Waals surface area contributed by atoms with Crippen molar-refractivity contribution in [3.63, 3.8) is 0 Å². The molecule has 0 spiro atoms. The summed E-state index contributed by atoms with van der Waals surface area (Å²) in [6.45, 7) is 0. The summed E-state index contributed by atoms with van der Waals surface area (Å²) in [5, 5.41) is 1.98. The molecule has 226 valence electrons. The van der Waals surface area contributed by atoms with E-state index in [0.29, 0.717) is 0 Å². The number of rotatable bonds is 2. The van der Waals surface area contributed by atoms with E-state index in [2.05, 4.69) is 29.9 Å². The van der Waals surface area contributed by atoms with Crippen LogP contribution in [0.25, 0.3) is 66.6 Å². The Morgan fingerprint density at radius 2 is 0.596 bits per heavy atom. The number of hydrogen-bond acceptors (Lipinski definition) is 8. The molecule has 0 atom stereocenters. The molecule has 0 amide bonds. The molecular weight excluding hydrogens is 759 g/mol. The fourth-order valence-corrected chi connectivity index (χ4v) is 5.00. The van der Waals surface area contributed by atoms with Crippen molar-refractivity contribution in [1.29, 1.82) is 0 Å². The third-order valence-electron chi connectivity index (χ3n) is 7.10. The Morgan fingerprint density at radius 1 is 0.277 bits per heavy atom. The van der Waals surface area contributed by atoms with E-state index in [1.165, 1.54) is 0 Å². The first-order valence-electron chi connectivity index (χ1n) is 14.7. The molecule has 7 aromatic heterocycles. The molecule has 0 radical (unpaired) electrons. The minimum atomic E-state index is 0. The van der Waals surface area contributed by atoms with E-state index in [9.17, 15) is 0 Å². The Kier molecular flexibility index (Phi) is 9.87. The first-order valence-corrected chi connectivity index (χ1v) is 14.7. The predicted octanol–water partition coefficient (Wildman–Crippen LogP) is 8.16. The third-order valence-corrected chi connectivity index (χ3v) is 7.10. The zero-order valence-electron chi connectivity index (χ0n) is 24.9. The van der Waals surface area contributed by atoms with Gasteiger partial charge in [-0.3, -0.25) is 29.9 Å². The Labute approximate surface area is 283 Å². The number of aromatic nitrogens is 8. The quantitative estimate of drug-likeness (QED) is 0.128. The van der Waals surface area contributed by atoms with Gasteiger partial charge in [0.15, 0.2) is 0 Å². The molecule has 0 aliphatic rings. The topological polar surface area (TPSA) is 103 Å². The monoisotopic (exact) mass is 786 g/mol. The molecule has 8 nitrogen and oxygen atoms in total. The summed E-state index contributed by atoms with van der Waals surface area (Å²) in [5.41, 5.74) is 8.94. The van der Waals surface area contributed by atoms with Gasteiger partial charge in [-0.25, -0.2) is 9.97 Å². The molecule has 47 heavy (non-hydrogen) atoms. The summed E-state index contributed by atoms with van der Waals surface area (Å²) in [5.74, 6) is 0. The van der Waals surface area contributed by atoms with Gasteiger partial charge in [0.25, 0.3) is 0 Å². The molecule has 0 aliphatic carbocycles. The molecule has 9 heteroatoms. The fraction of sp³-hybridized carbons (Fsp3) is 0. The van der Waals surface area contributed by atoms with Crippen molar-refractivity contribution in [3.8, 4) is 22.8 Å². The number of hydrogen-bond donors (Lipinski definition) is 0. The maximum Gasteiger partial charge on any atom is 0.0996 e. The minimum Gasteiger partial charge on any atom is -0.255 e. The summed E-state index contributed by atoms with van der Waals surface area (Å²) in [4.78, 5) is 35.4. The van der Waals surface area contributed by atoms with Gasteiger partial charge >= 0.3 is 0 Å². The second-order valence-electron chi connectivity index (χ2n) is 10.1. The van der Waals surface area contributed by atoms with Crippen molar-refractivity contribution in [2.75, 3.05) is 0 Å². The second kappa shape index (κ2) is 14.9. The predicted molar refractivity (Wildman–Crippen MR) is 183 cm³/mol. The molecule has 9 rings (SSSR count). The summed E-state index contributed by atoms with van der Waals surface area (Å²) in [7, 11) is 0. The van der Waals surface area contributed by atoms with E-state index < -0.39 is 0 Å². The molecule has 7 heterocycles. The van der Waals surface area contributed by atoms with Crippen molar-refractivity contribution in [1.82, 2.24) is 39.9 Å². The van der Waals surface area contributed by atoms with Crippen molar-refractivity contribution in [2.24, 2.45) is 0 Å². The first kappa shape index (κ1) is 31.1. The van der Waals surface area contributed by atoms with Crippen molar-refractivity contribution in [3.05, 3.63) is 159 Å². The van der Waals surface area contributed by atoms with Crippen LogP contribution in [-0.2, 0) is 19.8 Å². The summed E-state index contributed by atoms with van der Waals surface area (Å²) >= 11 is 0. The molecule has 2 aromatic carbocycles. The van der Waals surface area contributed by atoms with Crippen LogP contribution in [-0.4, -0.2) is 39.9 Å². The molecule has 0 aliphatic heterocycles. The van der Waals surface area contributed by atoms with E-state index in [-0.39, 0.29) is 19.8 Å². The Hall–Kier alpha value is -5.90. The Morgan fingerprint density at radius 3 is 0.915 bits per heavy atom. The number of fused-ring (bicyclic) bond motifs is 7. The largest absolute Gasteiger partial charge is 0.255 e. The number of benzene rings is 2. The van der Waals surface area contributed by atoms with Crippen LogP contribution >= 0.6 is 0 Å². The van der Waals surface area contributed by atoms with Crippen LogP contribution in [0, 0.1) is 0 Å². The van der Waals surface area contributed by atoms with Gasteiger partial charge in [0.2, 0.25) is 0 Å². The summed E-state index contributed by atoms with van der Waals surface area (Å²) < 4.78 is 0. The van der Waals surface area contributed by atoms with Gasteiger partial charge in [-0.05, 0) is 84.9 Å². The molecule has 9 aromatic rings. The van der Waals surface area contributed by atoms with Gasteiger partial charge in [0.1, 0.15) is 0 Å². The molecule has 0 fully saturated rings. The van der Waals surface area contributed by atoms with E-state index >= 15 is 0 Å². The maximum atomic E-state index is 4.83. The van der Waals surface area contributed by atoms with Crippen LogP contribution in [0.15, 0.2) is 159 Å². The first-order chi connectivity index (χ1) is 22.8. The van der Waals surface area contributed by atoms with Gasteiger partial charge in [0, 0.05) is 67.7 Å². The number of nitrogens with zero attached hydrogens (tertiary/aromatic N) is 8. The van der Waals surface area contributed by atoms with Crippen LogP contribution in [0.3, 0.4) is 0 Å². The third kappa shape index (κ3) is 7.01. The summed E-state index contributed by atoms with van der Waals surface area (Å²) in [6.07, 6.45) is 10.6. The Bertz CT molecular complexity index is 2120. The minimum absolute atomic E-state index is 0. The number of pyridine rings is 6. The molecular formula is C38H26N8Os. The van der Waals surface area contributed by atoms with Crippen LogP contribution in [0.5, 0.6) is 0 Å². The Balaban J connectivity index is 0.000000132. The van der Waals surface area contributed by atoms with Gasteiger partial charge in [-0.15, -0.1) is 0 Å². The molecule has 0 saturated carbocycles. The molecule has 0 bridgehead atoms.